The van der Waals surface area contributed by atoms with E-state index >= 15 is 0 Å². The van der Waals surface area contributed by atoms with Crippen LogP contribution in [0.25, 0.3) is 11.0 Å². The molecule has 0 N–H and O–H groups in total. The van der Waals surface area contributed by atoms with Gasteiger partial charge in [0.05, 0.1) is 12.7 Å². The number of aryl methyl sites for hydroxylation is 1. The Morgan fingerprint density at radius 1 is 1.16 bits per heavy atom. The van der Waals surface area contributed by atoms with E-state index in [4.69, 9.17) is 32.4 Å². The van der Waals surface area contributed by atoms with E-state index in [0.717, 1.165) is 40.7 Å². The summed E-state index contributed by atoms with van der Waals surface area (Å²) in [6.07, 6.45) is 2.40. The third-order valence-corrected chi connectivity index (χ3v) is 4.74. The molecule has 1 aromatic heterocycles. The van der Waals surface area contributed by atoms with Gasteiger partial charge in [0.2, 0.25) is 0 Å². The molecule has 0 fully saturated rings. The van der Waals surface area contributed by atoms with Gasteiger partial charge in [-0.15, -0.1) is 0 Å². The van der Waals surface area contributed by atoms with Gasteiger partial charge in [-0.1, -0.05) is 36.2 Å². The van der Waals surface area contributed by atoms with Crippen molar-refractivity contribution in [2.45, 2.75) is 26.2 Å². The molecule has 25 heavy (non-hydrogen) atoms. The van der Waals surface area contributed by atoms with Crippen LogP contribution in [-0.2, 0) is 17.6 Å². The average molecular weight is 377 g/mol. The molecule has 1 heterocycles. The number of carbonyl (C=O) groups excluding carboxylic acids is 1. The van der Waals surface area contributed by atoms with E-state index < -0.39 is 0 Å². The molecule has 0 unspecified atom stereocenters. The van der Waals surface area contributed by atoms with Crippen LogP contribution in [-0.4, -0.2) is 13.1 Å². The Hall–Kier alpha value is -1.97. The van der Waals surface area contributed by atoms with Gasteiger partial charge in [0, 0.05) is 33.8 Å². The summed E-state index contributed by atoms with van der Waals surface area (Å²) in [5, 5.41) is 2.14. The van der Waals surface area contributed by atoms with Gasteiger partial charge in [-0.2, -0.15) is 0 Å². The highest BCUT2D eigenvalue weighted by Crippen LogP contribution is 2.32. The van der Waals surface area contributed by atoms with Gasteiger partial charge in [-0.3, -0.25) is 0 Å². The fourth-order valence-corrected chi connectivity index (χ4v) is 3.40. The van der Waals surface area contributed by atoms with Gasteiger partial charge >= 0.3 is 5.97 Å². The zero-order chi connectivity index (χ0) is 18.0. The summed E-state index contributed by atoms with van der Waals surface area (Å²) in [6.45, 7) is 2.10. The van der Waals surface area contributed by atoms with Gasteiger partial charge in [0.15, 0.2) is 0 Å². The molecule has 3 nitrogen and oxygen atoms in total. The Morgan fingerprint density at radius 3 is 2.64 bits per heavy atom. The van der Waals surface area contributed by atoms with Crippen molar-refractivity contribution in [2.75, 3.05) is 7.11 Å². The zero-order valence-corrected chi connectivity index (χ0v) is 15.6. The molecule has 0 spiro atoms. The standard InChI is InChI=1S/C20H18Cl2O3/c1-3-4-18-15(9-12-5-7-14(21)11-17(12)22)16-10-13(20(23)24-2)6-8-19(16)25-18/h5-8,10-11H,3-4,9H2,1-2H3. The first kappa shape index (κ1) is 17.8. The van der Waals surface area contributed by atoms with Crippen molar-refractivity contribution >= 4 is 40.1 Å². The van der Waals surface area contributed by atoms with Crippen LogP contribution in [0.2, 0.25) is 10.0 Å². The van der Waals surface area contributed by atoms with E-state index in [-0.39, 0.29) is 5.97 Å². The van der Waals surface area contributed by atoms with Crippen molar-refractivity contribution in [2.24, 2.45) is 0 Å². The lowest BCUT2D eigenvalue weighted by Gasteiger charge is -2.06. The monoisotopic (exact) mass is 376 g/mol. The Bertz CT molecular complexity index is 928. The average Bonchev–Trinajstić information content (AvgIpc) is 2.93. The van der Waals surface area contributed by atoms with Gasteiger partial charge in [0.25, 0.3) is 0 Å². The Morgan fingerprint density at radius 2 is 1.96 bits per heavy atom. The lowest BCUT2D eigenvalue weighted by atomic mass is 9.99. The van der Waals surface area contributed by atoms with Crippen molar-refractivity contribution in [3.8, 4) is 0 Å². The van der Waals surface area contributed by atoms with Crippen LogP contribution >= 0.6 is 23.2 Å². The molecule has 0 bridgehead atoms. The van der Waals surface area contributed by atoms with Crippen LogP contribution in [0.5, 0.6) is 0 Å². The predicted molar refractivity (Wildman–Crippen MR) is 101 cm³/mol. The fraction of sp³-hybridized carbons (Fsp3) is 0.250. The van der Waals surface area contributed by atoms with Crippen molar-refractivity contribution < 1.29 is 13.9 Å². The number of hydrogen-bond acceptors (Lipinski definition) is 3. The molecule has 0 aliphatic rings. The first-order valence-electron chi connectivity index (χ1n) is 8.10. The second-order valence-electron chi connectivity index (χ2n) is 5.87. The number of methoxy groups -OCH3 is 1. The van der Waals surface area contributed by atoms with Crippen LogP contribution in [0, 0.1) is 0 Å². The number of benzene rings is 2. The second-order valence-corrected chi connectivity index (χ2v) is 6.71. The molecule has 0 aliphatic heterocycles. The quantitative estimate of drug-likeness (QED) is 0.507. The van der Waals surface area contributed by atoms with Crippen LogP contribution in [0.4, 0.5) is 0 Å². The van der Waals surface area contributed by atoms with Crippen LogP contribution in [0.1, 0.15) is 40.6 Å². The molecule has 0 atom stereocenters. The summed E-state index contributed by atoms with van der Waals surface area (Å²) < 4.78 is 10.8. The van der Waals surface area contributed by atoms with Crippen LogP contribution in [0.15, 0.2) is 40.8 Å². The number of carbonyl (C=O) groups is 1. The number of esters is 1. The lowest BCUT2D eigenvalue weighted by Crippen LogP contribution is -2.00. The SMILES string of the molecule is CCCc1oc2ccc(C(=O)OC)cc2c1Cc1ccc(Cl)cc1Cl. The summed E-state index contributed by atoms with van der Waals surface area (Å²) >= 11 is 12.3. The van der Waals surface area contributed by atoms with Gasteiger partial charge in [-0.25, -0.2) is 4.79 Å². The highest BCUT2D eigenvalue weighted by Gasteiger charge is 2.17. The molecule has 130 valence electrons. The lowest BCUT2D eigenvalue weighted by molar-refractivity contribution is 0.0601. The predicted octanol–water partition coefficient (Wildman–Crippen LogP) is 6.07. The van der Waals surface area contributed by atoms with Crippen molar-refractivity contribution in [1.82, 2.24) is 0 Å². The largest absolute Gasteiger partial charge is 0.465 e. The normalized spacial score (nSPS) is 11.0. The molecule has 0 saturated heterocycles. The number of furan rings is 1. The van der Waals surface area contributed by atoms with Gasteiger partial charge in [0.1, 0.15) is 11.3 Å². The molecule has 3 rings (SSSR count). The van der Waals surface area contributed by atoms with E-state index in [1.54, 1.807) is 12.1 Å². The molecular weight excluding hydrogens is 359 g/mol. The van der Waals surface area contributed by atoms with Crippen LogP contribution < -0.4 is 0 Å². The summed E-state index contributed by atoms with van der Waals surface area (Å²) in [4.78, 5) is 11.9. The van der Waals surface area contributed by atoms with E-state index in [0.29, 0.717) is 22.0 Å². The number of halogens is 2. The molecule has 0 radical (unpaired) electrons. The third kappa shape index (κ3) is 3.68. The molecule has 0 amide bonds. The maximum absolute atomic E-state index is 11.9. The van der Waals surface area contributed by atoms with E-state index in [2.05, 4.69) is 6.92 Å². The van der Waals surface area contributed by atoms with Gasteiger partial charge in [-0.05, 0) is 42.3 Å². The number of ether oxygens (including phenoxy) is 1. The summed E-state index contributed by atoms with van der Waals surface area (Å²) in [6, 6.07) is 10.8. The van der Waals surface area contributed by atoms with E-state index in [1.165, 1.54) is 7.11 Å². The third-order valence-electron chi connectivity index (χ3n) is 4.15. The minimum absolute atomic E-state index is 0.365. The Labute approximate surface area is 156 Å². The fourth-order valence-electron chi connectivity index (χ4n) is 2.92. The molecule has 5 heteroatoms. The molecule has 0 saturated carbocycles. The number of fused-ring (bicyclic) bond motifs is 1. The summed E-state index contributed by atoms with van der Waals surface area (Å²) in [7, 11) is 1.37. The highest BCUT2D eigenvalue weighted by molar-refractivity contribution is 6.35. The first-order chi connectivity index (χ1) is 12.0. The number of rotatable bonds is 5. The van der Waals surface area contributed by atoms with Crippen molar-refractivity contribution in [3.05, 3.63) is 68.9 Å². The van der Waals surface area contributed by atoms with Gasteiger partial charge < -0.3 is 9.15 Å². The smallest absolute Gasteiger partial charge is 0.337 e. The minimum atomic E-state index is -0.365. The Kier molecular flexibility index (Phi) is 5.36. The van der Waals surface area contributed by atoms with Crippen LogP contribution in [0.3, 0.4) is 0 Å². The first-order valence-corrected chi connectivity index (χ1v) is 8.85. The number of hydrogen-bond donors (Lipinski definition) is 0. The maximum atomic E-state index is 11.9. The summed E-state index contributed by atoms with van der Waals surface area (Å²) in [5.41, 5.74) is 3.28. The molecule has 0 aliphatic carbocycles. The molecule has 3 aromatic rings. The molecule has 2 aromatic carbocycles. The second kappa shape index (κ2) is 7.51. The maximum Gasteiger partial charge on any atom is 0.337 e. The van der Waals surface area contributed by atoms with Crippen molar-refractivity contribution in [3.63, 3.8) is 0 Å². The minimum Gasteiger partial charge on any atom is -0.465 e. The van der Waals surface area contributed by atoms with E-state index in [1.807, 2.05) is 24.3 Å². The topological polar surface area (TPSA) is 39.4 Å². The highest BCUT2D eigenvalue weighted by atomic mass is 35.5. The van der Waals surface area contributed by atoms with E-state index in [9.17, 15) is 4.79 Å². The van der Waals surface area contributed by atoms with Crippen molar-refractivity contribution in [1.29, 1.82) is 0 Å². The molecular formula is C20H18Cl2O3. The Balaban J connectivity index is 2.12. The zero-order valence-electron chi connectivity index (χ0n) is 14.1. The summed E-state index contributed by atoms with van der Waals surface area (Å²) in [5.74, 6) is 0.557.